The van der Waals surface area contributed by atoms with Gasteiger partial charge in [0, 0.05) is 26.6 Å². The Balaban J connectivity index is 2.23. The van der Waals surface area contributed by atoms with Gasteiger partial charge in [-0.1, -0.05) is 22.9 Å². The van der Waals surface area contributed by atoms with Gasteiger partial charge in [-0.05, 0) is 54.8 Å². The molecule has 3 rings (SSSR count). The summed E-state index contributed by atoms with van der Waals surface area (Å²) in [4.78, 5) is 3.57. The number of nitrogens with one attached hydrogen (secondary N) is 1. The van der Waals surface area contributed by atoms with Crippen LogP contribution in [-0.4, -0.2) is 19.2 Å². The first-order valence-corrected chi connectivity index (χ1v) is 8.41. The second kappa shape index (κ2) is 6.28. The maximum Gasteiger partial charge on any atom is 0.161 e. The van der Waals surface area contributed by atoms with E-state index < -0.39 is 0 Å². The lowest BCUT2D eigenvalue weighted by molar-refractivity contribution is 0.355. The Morgan fingerprint density at radius 2 is 1.78 bits per heavy atom. The largest absolute Gasteiger partial charge is 0.493 e. The number of hydrogen-bond acceptors (Lipinski definition) is 2. The SMILES string of the molecule is CCc1c(-c2ccc(OC)c(OC)c2)[nH]c2cc(C)c(Br)cc12. The number of rotatable bonds is 4. The van der Waals surface area contributed by atoms with Gasteiger partial charge in [0.1, 0.15) is 0 Å². The molecule has 1 N–H and O–H groups in total. The second-order valence-corrected chi connectivity index (χ2v) is 6.40. The van der Waals surface area contributed by atoms with Crippen LogP contribution in [-0.2, 0) is 6.42 Å². The standard InChI is InChI=1S/C19H20BrNO2/c1-5-13-14-10-15(20)11(2)8-16(14)21-19(13)12-6-7-17(22-3)18(9-12)23-4/h6-10,21H,5H2,1-4H3. The van der Waals surface area contributed by atoms with Crippen LogP contribution in [0.5, 0.6) is 11.5 Å². The van der Waals surface area contributed by atoms with Crippen molar-refractivity contribution in [3.05, 3.63) is 45.9 Å². The number of halogens is 1. The predicted molar refractivity (Wildman–Crippen MR) is 98.7 cm³/mol. The van der Waals surface area contributed by atoms with Crippen molar-refractivity contribution in [3.63, 3.8) is 0 Å². The fourth-order valence-electron chi connectivity index (χ4n) is 2.98. The summed E-state index contributed by atoms with van der Waals surface area (Å²) in [7, 11) is 3.31. The van der Waals surface area contributed by atoms with Gasteiger partial charge in [-0.25, -0.2) is 0 Å². The Labute approximate surface area is 144 Å². The Morgan fingerprint density at radius 1 is 1.04 bits per heavy atom. The molecule has 0 unspecified atom stereocenters. The quantitative estimate of drug-likeness (QED) is 0.656. The molecule has 0 aliphatic rings. The van der Waals surface area contributed by atoms with E-state index in [0.717, 1.165) is 39.2 Å². The van der Waals surface area contributed by atoms with E-state index in [-0.39, 0.29) is 0 Å². The van der Waals surface area contributed by atoms with Crippen LogP contribution in [0.4, 0.5) is 0 Å². The molecular weight excluding hydrogens is 354 g/mol. The molecule has 0 amide bonds. The number of aryl methyl sites for hydroxylation is 2. The number of benzene rings is 2. The Bertz CT molecular complexity index is 867. The van der Waals surface area contributed by atoms with Gasteiger partial charge in [-0.2, -0.15) is 0 Å². The normalized spacial score (nSPS) is 11.0. The van der Waals surface area contributed by atoms with E-state index in [9.17, 15) is 0 Å². The van der Waals surface area contributed by atoms with Gasteiger partial charge in [0.05, 0.1) is 14.2 Å². The zero-order chi connectivity index (χ0) is 16.6. The van der Waals surface area contributed by atoms with Gasteiger partial charge in [-0.3, -0.25) is 0 Å². The van der Waals surface area contributed by atoms with E-state index in [0.29, 0.717) is 0 Å². The zero-order valence-corrected chi connectivity index (χ0v) is 15.4. The van der Waals surface area contributed by atoms with E-state index in [4.69, 9.17) is 9.47 Å². The molecule has 0 aliphatic carbocycles. The monoisotopic (exact) mass is 373 g/mol. The van der Waals surface area contributed by atoms with Crippen molar-refractivity contribution in [1.82, 2.24) is 4.98 Å². The third kappa shape index (κ3) is 2.72. The summed E-state index contributed by atoms with van der Waals surface area (Å²) in [5.41, 5.74) is 5.94. The molecule has 3 nitrogen and oxygen atoms in total. The van der Waals surface area contributed by atoms with Crippen LogP contribution in [0, 0.1) is 6.92 Å². The van der Waals surface area contributed by atoms with Gasteiger partial charge in [0.25, 0.3) is 0 Å². The number of fused-ring (bicyclic) bond motifs is 1. The molecule has 0 bridgehead atoms. The van der Waals surface area contributed by atoms with Crippen molar-refractivity contribution in [3.8, 4) is 22.8 Å². The number of H-pyrrole nitrogens is 1. The third-order valence-corrected chi connectivity index (χ3v) is 5.07. The lowest BCUT2D eigenvalue weighted by Crippen LogP contribution is -1.92. The van der Waals surface area contributed by atoms with Gasteiger partial charge >= 0.3 is 0 Å². The van der Waals surface area contributed by atoms with Crippen LogP contribution in [0.15, 0.2) is 34.8 Å². The third-order valence-electron chi connectivity index (χ3n) is 4.21. The molecule has 4 heteroatoms. The number of ether oxygens (including phenoxy) is 2. The molecule has 0 spiro atoms. The smallest absolute Gasteiger partial charge is 0.161 e. The predicted octanol–water partition coefficient (Wildman–Crippen LogP) is 5.49. The van der Waals surface area contributed by atoms with E-state index in [1.807, 2.05) is 12.1 Å². The fourth-order valence-corrected chi connectivity index (χ4v) is 3.33. The number of methoxy groups -OCH3 is 2. The molecule has 3 aromatic rings. The second-order valence-electron chi connectivity index (χ2n) is 5.55. The van der Waals surface area contributed by atoms with Crippen molar-refractivity contribution in [1.29, 1.82) is 0 Å². The first-order valence-electron chi connectivity index (χ1n) is 7.62. The zero-order valence-electron chi connectivity index (χ0n) is 13.8. The Morgan fingerprint density at radius 3 is 2.43 bits per heavy atom. The summed E-state index contributed by atoms with van der Waals surface area (Å²) in [6.45, 7) is 4.28. The van der Waals surface area contributed by atoms with Crippen LogP contribution in [0.2, 0.25) is 0 Å². The average Bonchev–Trinajstić information content (AvgIpc) is 2.92. The van der Waals surface area contributed by atoms with E-state index in [1.165, 1.54) is 16.5 Å². The topological polar surface area (TPSA) is 34.2 Å². The van der Waals surface area contributed by atoms with Gasteiger partial charge in [0.2, 0.25) is 0 Å². The lowest BCUT2D eigenvalue weighted by Gasteiger charge is -2.10. The molecular formula is C19H20BrNO2. The minimum Gasteiger partial charge on any atom is -0.493 e. The minimum atomic E-state index is 0.739. The molecule has 2 aromatic carbocycles. The molecule has 0 saturated heterocycles. The molecule has 23 heavy (non-hydrogen) atoms. The highest BCUT2D eigenvalue weighted by molar-refractivity contribution is 9.10. The highest BCUT2D eigenvalue weighted by atomic mass is 79.9. The molecule has 0 saturated carbocycles. The maximum absolute atomic E-state index is 5.44. The molecule has 1 aromatic heterocycles. The number of aromatic nitrogens is 1. The summed E-state index contributed by atoms with van der Waals surface area (Å²) in [5, 5.41) is 1.26. The molecule has 0 fully saturated rings. The van der Waals surface area contributed by atoms with E-state index >= 15 is 0 Å². The van der Waals surface area contributed by atoms with Crippen molar-refractivity contribution >= 4 is 26.8 Å². The van der Waals surface area contributed by atoms with Crippen molar-refractivity contribution in [2.45, 2.75) is 20.3 Å². The van der Waals surface area contributed by atoms with Gasteiger partial charge in [-0.15, -0.1) is 0 Å². The fraction of sp³-hybridized carbons (Fsp3) is 0.263. The highest BCUT2D eigenvalue weighted by Gasteiger charge is 2.15. The van der Waals surface area contributed by atoms with Crippen LogP contribution < -0.4 is 9.47 Å². The Hall–Kier alpha value is -1.94. The summed E-state index contributed by atoms with van der Waals surface area (Å²) in [5.74, 6) is 1.48. The molecule has 1 heterocycles. The van der Waals surface area contributed by atoms with Crippen molar-refractivity contribution in [2.24, 2.45) is 0 Å². The van der Waals surface area contributed by atoms with Gasteiger partial charge in [0.15, 0.2) is 11.5 Å². The van der Waals surface area contributed by atoms with Crippen LogP contribution in [0.1, 0.15) is 18.1 Å². The summed E-state index contributed by atoms with van der Waals surface area (Å²) >= 11 is 3.64. The van der Waals surface area contributed by atoms with E-state index in [1.54, 1.807) is 14.2 Å². The van der Waals surface area contributed by atoms with Crippen LogP contribution in [0.25, 0.3) is 22.2 Å². The summed E-state index contributed by atoms with van der Waals surface area (Å²) in [6, 6.07) is 10.4. The first kappa shape index (κ1) is 15.9. The molecule has 0 aliphatic heterocycles. The molecule has 0 atom stereocenters. The van der Waals surface area contributed by atoms with Crippen LogP contribution >= 0.6 is 15.9 Å². The average molecular weight is 374 g/mol. The molecule has 120 valence electrons. The highest BCUT2D eigenvalue weighted by Crippen LogP contribution is 2.37. The van der Waals surface area contributed by atoms with Crippen LogP contribution in [0.3, 0.4) is 0 Å². The maximum atomic E-state index is 5.44. The Kier molecular flexibility index (Phi) is 4.35. The number of hydrogen-bond donors (Lipinski definition) is 1. The lowest BCUT2D eigenvalue weighted by atomic mass is 10.0. The summed E-state index contributed by atoms with van der Waals surface area (Å²) < 4.78 is 11.9. The minimum absolute atomic E-state index is 0.739. The van der Waals surface area contributed by atoms with Gasteiger partial charge < -0.3 is 14.5 Å². The van der Waals surface area contributed by atoms with E-state index in [2.05, 4.69) is 53.0 Å². The van der Waals surface area contributed by atoms with Crippen molar-refractivity contribution < 1.29 is 9.47 Å². The van der Waals surface area contributed by atoms with Crippen molar-refractivity contribution in [2.75, 3.05) is 14.2 Å². The first-order chi connectivity index (χ1) is 11.1. The summed E-state index contributed by atoms with van der Waals surface area (Å²) in [6.07, 6.45) is 0.958. The molecule has 0 radical (unpaired) electrons. The number of aromatic amines is 1.